The van der Waals surface area contributed by atoms with E-state index in [0.29, 0.717) is 13.1 Å². The second-order valence-electron chi connectivity index (χ2n) is 5.57. The van der Waals surface area contributed by atoms with E-state index in [4.69, 9.17) is 11.5 Å². The number of hydrogen-bond acceptors (Lipinski definition) is 3. The first-order chi connectivity index (χ1) is 7.48. The predicted octanol–water partition coefficient (Wildman–Crippen LogP) is 1.42. The first-order valence-electron chi connectivity index (χ1n) is 6.36. The van der Waals surface area contributed by atoms with Crippen molar-refractivity contribution in [2.75, 3.05) is 13.1 Å². The van der Waals surface area contributed by atoms with Gasteiger partial charge in [0.1, 0.15) is 0 Å². The predicted molar refractivity (Wildman–Crippen MR) is 65.1 cm³/mol. The third kappa shape index (κ3) is 2.74. The van der Waals surface area contributed by atoms with E-state index in [-0.39, 0.29) is 11.1 Å². The van der Waals surface area contributed by atoms with Crippen LogP contribution in [0.4, 0.5) is 0 Å². The van der Waals surface area contributed by atoms with Gasteiger partial charge >= 0.3 is 0 Å². The molecule has 2 atom stereocenters. The van der Waals surface area contributed by atoms with Crippen LogP contribution in [0.5, 0.6) is 0 Å². The van der Waals surface area contributed by atoms with Crippen LogP contribution < -0.4 is 11.5 Å². The molecule has 4 heteroatoms. The molecular formula is C12H26N3O. The molecular weight excluding hydrogens is 202 g/mol. The molecule has 0 aromatic rings. The zero-order chi connectivity index (χ0) is 12.2. The lowest BCUT2D eigenvalue weighted by Crippen LogP contribution is -2.48. The maximum absolute atomic E-state index is 12.4. The molecule has 2 unspecified atom stereocenters. The van der Waals surface area contributed by atoms with Gasteiger partial charge in [-0.15, -0.1) is 10.3 Å². The van der Waals surface area contributed by atoms with Gasteiger partial charge in [-0.25, -0.2) is 0 Å². The Kier molecular flexibility index (Phi) is 4.73. The van der Waals surface area contributed by atoms with Gasteiger partial charge in [0.05, 0.1) is 0 Å². The molecule has 4 nitrogen and oxygen atoms in total. The highest BCUT2D eigenvalue weighted by Gasteiger charge is 2.49. The Morgan fingerprint density at radius 3 is 1.69 bits per heavy atom. The Morgan fingerprint density at radius 2 is 1.38 bits per heavy atom. The van der Waals surface area contributed by atoms with E-state index in [1.165, 1.54) is 5.06 Å². The highest BCUT2D eigenvalue weighted by Crippen LogP contribution is 2.44. The van der Waals surface area contributed by atoms with E-state index in [1.54, 1.807) is 0 Å². The number of nitrogens with zero attached hydrogens (tertiary/aromatic N) is 1. The average molecular weight is 228 g/mol. The van der Waals surface area contributed by atoms with Gasteiger partial charge in [0.15, 0.2) is 0 Å². The minimum Gasteiger partial charge on any atom is -0.330 e. The van der Waals surface area contributed by atoms with E-state index in [9.17, 15) is 5.21 Å². The van der Waals surface area contributed by atoms with Crippen molar-refractivity contribution in [3.05, 3.63) is 0 Å². The van der Waals surface area contributed by atoms with Gasteiger partial charge in [-0.2, -0.15) is 0 Å². The molecule has 1 heterocycles. The average Bonchev–Trinajstić information content (AvgIpc) is 2.51. The van der Waals surface area contributed by atoms with Crippen LogP contribution in [0.3, 0.4) is 0 Å². The third-order valence-corrected chi connectivity index (χ3v) is 4.02. The molecule has 4 N–H and O–H groups in total. The van der Waals surface area contributed by atoms with Crippen LogP contribution in [0.15, 0.2) is 0 Å². The van der Waals surface area contributed by atoms with Crippen molar-refractivity contribution in [2.45, 2.75) is 63.5 Å². The van der Waals surface area contributed by atoms with Crippen LogP contribution in [0.2, 0.25) is 0 Å². The van der Waals surface area contributed by atoms with Gasteiger partial charge in [-0.3, -0.25) is 0 Å². The quantitative estimate of drug-likeness (QED) is 0.722. The summed E-state index contributed by atoms with van der Waals surface area (Å²) in [6.07, 6.45) is 5.65. The van der Waals surface area contributed by atoms with Gasteiger partial charge < -0.3 is 11.5 Å². The number of hydrogen-bond donors (Lipinski definition) is 2. The molecule has 0 aromatic carbocycles. The van der Waals surface area contributed by atoms with Gasteiger partial charge in [0, 0.05) is 11.1 Å². The summed E-state index contributed by atoms with van der Waals surface area (Å²) < 4.78 is 0. The molecule has 0 aliphatic carbocycles. The van der Waals surface area contributed by atoms with Crippen LogP contribution in [0.1, 0.15) is 52.4 Å². The molecule has 1 aliphatic heterocycles. The highest BCUT2D eigenvalue weighted by molar-refractivity contribution is 5.00. The summed E-state index contributed by atoms with van der Waals surface area (Å²) in [5.74, 6) is 0. The van der Waals surface area contributed by atoms with E-state index in [1.807, 2.05) is 0 Å². The van der Waals surface area contributed by atoms with Crippen molar-refractivity contribution >= 4 is 0 Å². The van der Waals surface area contributed by atoms with Crippen LogP contribution >= 0.6 is 0 Å². The lowest BCUT2D eigenvalue weighted by atomic mass is 9.92. The largest absolute Gasteiger partial charge is 0.330 e. The van der Waals surface area contributed by atoms with Crippen LogP contribution in [0.25, 0.3) is 0 Å². The fourth-order valence-corrected chi connectivity index (χ4v) is 2.81. The lowest BCUT2D eigenvalue weighted by Gasteiger charge is -2.37. The fourth-order valence-electron chi connectivity index (χ4n) is 2.81. The first-order valence-corrected chi connectivity index (χ1v) is 6.36. The summed E-state index contributed by atoms with van der Waals surface area (Å²) in [7, 11) is 0. The minimum atomic E-state index is -0.206. The third-order valence-electron chi connectivity index (χ3n) is 4.02. The number of rotatable bonds is 6. The molecule has 1 aliphatic rings. The number of nitrogens with two attached hydrogens (primary N) is 2. The molecule has 1 rings (SSSR count). The van der Waals surface area contributed by atoms with Gasteiger partial charge in [0.25, 0.3) is 0 Å². The monoisotopic (exact) mass is 228 g/mol. The second-order valence-corrected chi connectivity index (χ2v) is 5.57. The van der Waals surface area contributed by atoms with E-state index in [0.717, 1.165) is 38.5 Å². The maximum Gasteiger partial charge on any atom is 0.0473 e. The van der Waals surface area contributed by atoms with Crippen molar-refractivity contribution < 1.29 is 5.21 Å². The number of hydroxylamine groups is 2. The summed E-state index contributed by atoms with van der Waals surface area (Å²) in [4.78, 5) is 0. The summed E-state index contributed by atoms with van der Waals surface area (Å²) in [6.45, 7) is 5.48. The van der Waals surface area contributed by atoms with Crippen molar-refractivity contribution in [2.24, 2.45) is 11.5 Å². The first kappa shape index (κ1) is 13.9. The van der Waals surface area contributed by atoms with Gasteiger partial charge in [-0.05, 0) is 65.5 Å². The van der Waals surface area contributed by atoms with Crippen LogP contribution in [-0.4, -0.2) is 29.2 Å². The van der Waals surface area contributed by atoms with Gasteiger partial charge in [-0.1, -0.05) is 0 Å². The van der Waals surface area contributed by atoms with Crippen molar-refractivity contribution in [3.63, 3.8) is 0 Å². The molecule has 16 heavy (non-hydrogen) atoms. The Morgan fingerprint density at radius 1 is 1.00 bits per heavy atom. The Bertz CT molecular complexity index is 202. The Labute approximate surface area is 98.9 Å². The lowest BCUT2D eigenvalue weighted by molar-refractivity contribution is -0.256. The molecule has 1 saturated heterocycles. The highest BCUT2D eigenvalue weighted by atomic mass is 16.5. The van der Waals surface area contributed by atoms with E-state index < -0.39 is 0 Å². The van der Waals surface area contributed by atoms with E-state index >= 15 is 0 Å². The normalized spacial score (nSPS) is 35.8. The fraction of sp³-hybridized carbons (Fsp3) is 1.00. The second kappa shape index (κ2) is 5.45. The molecule has 0 bridgehead atoms. The molecule has 0 amide bonds. The molecule has 0 saturated carbocycles. The topological polar surface area (TPSA) is 75.2 Å². The van der Waals surface area contributed by atoms with Crippen LogP contribution in [0, 0.1) is 0 Å². The zero-order valence-electron chi connectivity index (χ0n) is 10.7. The van der Waals surface area contributed by atoms with Crippen molar-refractivity contribution in [1.82, 2.24) is 5.06 Å². The zero-order valence-corrected chi connectivity index (χ0v) is 10.7. The summed E-state index contributed by atoms with van der Waals surface area (Å²) in [5.41, 5.74) is 10.6. The minimum absolute atomic E-state index is 0.206. The molecule has 0 aromatic heterocycles. The summed E-state index contributed by atoms with van der Waals surface area (Å²) in [5, 5.41) is 13.7. The summed E-state index contributed by atoms with van der Waals surface area (Å²) in [6, 6.07) is 0. The standard InChI is InChI=1S/C12H26N3O/c1-11(5-3-9-13)7-8-12(2,15(11)16)6-4-10-14/h3-10,13-14H2,1-2H3. The molecule has 1 radical (unpaired) electrons. The summed E-state index contributed by atoms with van der Waals surface area (Å²) >= 11 is 0. The van der Waals surface area contributed by atoms with Gasteiger partial charge in [0.2, 0.25) is 0 Å². The smallest absolute Gasteiger partial charge is 0.0473 e. The molecule has 0 spiro atoms. The Balaban J connectivity index is 2.60. The van der Waals surface area contributed by atoms with Crippen molar-refractivity contribution in [1.29, 1.82) is 0 Å². The van der Waals surface area contributed by atoms with E-state index in [2.05, 4.69) is 13.8 Å². The van der Waals surface area contributed by atoms with Crippen LogP contribution in [-0.2, 0) is 5.21 Å². The Hall–Kier alpha value is -0.160. The molecule has 95 valence electrons. The SMILES string of the molecule is CC1(CCCN)CCC(C)(CCCN)N1[O]. The molecule has 1 fully saturated rings. The maximum atomic E-state index is 12.4. The van der Waals surface area contributed by atoms with Crippen molar-refractivity contribution in [3.8, 4) is 0 Å².